The Morgan fingerprint density at radius 3 is 2.57 bits per heavy atom. The van der Waals surface area contributed by atoms with Crippen molar-refractivity contribution in [2.75, 3.05) is 31.1 Å². The maximum atomic E-state index is 5.96. The van der Waals surface area contributed by atoms with Gasteiger partial charge in [-0.25, -0.2) is 4.98 Å². The summed E-state index contributed by atoms with van der Waals surface area (Å²) >= 11 is 5.96. The third-order valence-electron chi connectivity index (χ3n) is 4.34. The van der Waals surface area contributed by atoms with Gasteiger partial charge in [0.25, 0.3) is 0 Å². The first-order chi connectivity index (χ1) is 11.3. The van der Waals surface area contributed by atoms with Gasteiger partial charge >= 0.3 is 0 Å². The highest BCUT2D eigenvalue weighted by Gasteiger charge is 2.18. The number of imidazole rings is 1. The average molecular weight is 328 g/mol. The molecule has 0 aliphatic carbocycles. The predicted molar refractivity (Wildman–Crippen MR) is 91.9 cm³/mol. The topological polar surface area (TPSA) is 36.7 Å². The third kappa shape index (κ3) is 3.02. The molecule has 4 rings (SSSR count). The van der Waals surface area contributed by atoms with Crippen molar-refractivity contribution in [2.24, 2.45) is 0 Å². The molecule has 1 fully saturated rings. The minimum absolute atomic E-state index is 0.787. The molecule has 1 aliphatic rings. The molecule has 118 valence electrons. The fraction of sp³-hybridized carbons (Fsp3) is 0.294. The minimum atomic E-state index is 0.787. The summed E-state index contributed by atoms with van der Waals surface area (Å²) in [5.41, 5.74) is 3.36. The van der Waals surface area contributed by atoms with Crippen molar-refractivity contribution >= 4 is 22.9 Å². The molecule has 5 nitrogen and oxygen atoms in total. The Balaban J connectivity index is 1.41. The number of hydrogen-bond acceptors (Lipinski definition) is 4. The summed E-state index contributed by atoms with van der Waals surface area (Å²) < 4.78 is 2.11. The van der Waals surface area contributed by atoms with Gasteiger partial charge in [-0.1, -0.05) is 11.6 Å². The summed E-state index contributed by atoms with van der Waals surface area (Å²) in [6, 6.07) is 8.09. The molecule has 1 saturated heterocycles. The van der Waals surface area contributed by atoms with E-state index in [1.165, 1.54) is 11.4 Å². The Bertz CT molecular complexity index is 790. The van der Waals surface area contributed by atoms with Crippen LogP contribution in [0.5, 0.6) is 0 Å². The smallest absolute Gasteiger partial charge is 0.155 e. The first-order valence-corrected chi connectivity index (χ1v) is 8.16. The van der Waals surface area contributed by atoms with Crippen LogP contribution >= 0.6 is 11.6 Å². The lowest BCUT2D eigenvalue weighted by Gasteiger charge is -2.36. The maximum Gasteiger partial charge on any atom is 0.155 e. The van der Waals surface area contributed by atoms with E-state index in [-0.39, 0.29) is 0 Å². The van der Waals surface area contributed by atoms with E-state index >= 15 is 0 Å². The lowest BCUT2D eigenvalue weighted by Crippen LogP contribution is -2.46. The fourth-order valence-electron chi connectivity index (χ4n) is 3.06. The number of nitrogens with zero attached hydrogens (tertiary/aromatic N) is 5. The van der Waals surface area contributed by atoms with E-state index in [1.807, 2.05) is 24.5 Å². The van der Waals surface area contributed by atoms with E-state index in [2.05, 4.69) is 36.3 Å². The van der Waals surface area contributed by atoms with E-state index in [1.54, 1.807) is 12.4 Å². The van der Waals surface area contributed by atoms with E-state index in [0.717, 1.165) is 43.4 Å². The zero-order valence-corrected chi connectivity index (χ0v) is 13.5. The molecular weight excluding hydrogens is 310 g/mol. The lowest BCUT2D eigenvalue weighted by atomic mass is 10.2. The Labute approximate surface area is 140 Å². The maximum absolute atomic E-state index is 5.96. The number of fused-ring (bicyclic) bond motifs is 1. The number of halogens is 1. The van der Waals surface area contributed by atoms with Gasteiger partial charge in [-0.15, -0.1) is 0 Å². The van der Waals surface area contributed by atoms with Crippen LogP contribution in [0.3, 0.4) is 0 Å². The molecule has 0 spiro atoms. The van der Waals surface area contributed by atoms with Crippen molar-refractivity contribution in [3.8, 4) is 0 Å². The molecular formula is C17H18ClN5. The molecule has 0 atom stereocenters. The van der Waals surface area contributed by atoms with Gasteiger partial charge in [-0.2, -0.15) is 0 Å². The zero-order valence-electron chi connectivity index (χ0n) is 12.8. The quantitative estimate of drug-likeness (QED) is 0.741. The molecule has 0 bridgehead atoms. The van der Waals surface area contributed by atoms with Crippen LogP contribution in [0, 0.1) is 0 Å². The lowest BCUT2D eigenvalue weighted by molar-refractivity contribution is 0.246. The van der Waals surface area contributed by atoms with E-state index in [0.29, 0.717) is 0 Å². The van der Waals surface area contributed by atoms with E-state index in [4.69, 9.17) is 11.6 Å². The summed E-state index contributed by atoms with van der Waals surface area (Å²) in [5.74, 6) is 0. The predicted octanol–water partition coefficient (Wildman–Crippen LogP) is 2.70. The van der Waals surface area contributed by atoms with Crippen LogP contribution in [0.25, 0.3) is 5.65 Å². The Hall–Kier alpha value is -2.11. The molecule has 23 heavy (non-hydrogen) atoms. The monoisotopic (exact) mass is 327 g/mol. The average Bonchev–Trinajstić information content (AvgIpc) is 3.00. The van der Waals surface area contributed by atoms with Gasteiger partial charge in [0.2, 0.25) is 0 Å². The first kappa shape index (κ1) is 14.5. The standard InChI is InChI=1S/C17H18ClN5/c18-14-1-3-15(4-2-14)22-9-7-21(8-10-22)13-16-11-20-17-12-19-5-6-23(16)17/h1-6,11-12H,7-10,13H2. The summed E-state index contributed by atoms with van der Waals surface area (Å²) in [7, 11) is 0. The van der Waals surface area contributed by atoms with Crippen molar-refractivity contribution < 1.29 is 0 Å². The minimum Gasteiger partial charge on any atom is -0.369 e. The van der Waals surface area contributed by atoms with Crippen molar-refractivity contribution in [1.82, 2.24) is 19.3 Å². The molecule has 0 N–H and O–H groups in total. The number of aromatic nitrogens is 3. The van der Waals surface area contributed by atoms with Gasteiger partial charge in [0.05, 0.1) is 18.1 Å². The SMILES string of the molecule is Clc1ccc(N2CCN(Cc3cnc4cnccn34)CC2)cc1. The van der Waals surface area contributed by atoms with Crippen LogP contribution in [-0.2, 0) is 6.54 Å². The van der Waals surface area contributed by atoms with Gasteiger partial charge in [-0.05, 0) is 24.3 Å². The van der Waals surface area contributed by atoms with Crippen LogP contribution < -0.4 is 4.90 Å². The molecule has 0 amide bonds. The second kappa shape index (κ2) is 6.18. The number of anilines is 1. The van der Waals surface area contributed by atoms with Crippen LogP contribution in [0.1, 0.15) is 5.69 Å². The second-order valence-electron chi connectivity index (χ2n) is 5.79. The number of hydrogen-bond donors (Lipinski definition) is 0. The highest BCUT2D eigenvalue weighted by atomic mass is 35.5. The van der Waals surface area contributed by atoms with Crippen LogP contribution in [0.15, 0.2) is 49.1 Å². The van der Waals surface area contributed by atoms with Gasteiger partial charge < -0.3 is 4.90 Å². The van der Waals surface area contributed by atoms with Crippen molar-refractivity contribution in [3.05, 3.63) is 59.8 Å². The number of rotatable bonds is 3. The van der Waals surface area contributed by atoms with Gasteiger partial charge in [0.1, 0.15) is 0 Å². The molecule has 0 unspecified atom stereocenters. The largest absolute Gasteiger partial charge is 0.369 e. The van der Waals surface area contributed by atoms with Crippen molar-refractivity contribution in [3.63, 3.8) is 0 Å². The Morgan fingerprint density at radius 1 is 1.00 bits per heavy atom. The Kier molecular flexibility index (Phi) is 3.89. The molecule has 1 aliphatic heterocycles. The number of piperazine rings is 1. The summed E-state index contributed by atoms with van der Waals surface area (Å²) in [6.07, 6.45) is 7.52. The van der Waals surface area contributed by atoms with Gasteiger partial charge in [0.15, 0.2) is 5.65 Å². The Morgan fingerprint density at radius 2 is 1.78 bits per heavy atom. The molecule has 1 aromatic carbocycles. The van der Waals surface area contributed by atoms with E-state index < -0.39 is 0 Å². The highest BCUT2D eigenvalue weighted by molar-refractivity contribution is 6.30. The molecule has 0 radical (unpaired) electrons. The van der Waals surface area contributed by atoms with E-state index in [9.17, 15) is 0 Å². The molecule has 0 saturated carbocycles. The fourth-order valence-corrected chi connectivity index (χ4v) is 3.18. The number of benzene rings is 1. The summed E-state index contributed by atoms with van der Waals surface area (Å²) in [5, 5.41) is 0.787. The van der Waals surface area contributed by atoms with Crippen molar-refractivity contribution in [2.45, 2.75) is 6.54 Å². The van der Waals surface area contributed by atoms with Crippen LogP contribution in [0.2, 0.25) is 5.02 Å². The second-order valence-corrected chi connectivity index (χ2v) is 6.23. The summed E-state index contributed by atoms with van der Waals surface area (Å²) in [6.45, 7) is 5.06. The highest BCUT2D eigenvalue weighted by Crippen LogP contribution is 2.20. The molecule has 3 heterocycles. The molecule has 3 aromatic rings. The van der Waals surface area contributed by atoms with Gasteiger partial charge in [-0.3, -0.25) is 14.3 Å². The van der Waals surface area contributed by atoms with Crippen LogP contribution in [0.4, 0.5) is 5.69 Å². The van der Waals surface area contributed by atoms with Crippen LogP contribution in [-0.4, -0.2) is 45.4 Å². The zero-order chi connectivity index (χ0) is 15.6. The summed E-state index contributed by atoms with van der Waals surface area (Å²) in [4.78, 5) is 13.4. The third-order valence-corrected chi connectivity index (χ3v) is 4.60. The first-order valence-electron chi connectivity index (χ1n) is 7.78. The van der Waals surface area contributed by atoms with Crippen molar-refractivity contribution in [1.29, 1.82) is 0 Å². The normalized spacial score (nSPS) is 16.1. The van der Waals surface area contributed by atoms with Gasteiger partial charge in [0, 0.05) is 55.8 Å². The molecule has 2 aromatic heterocycles. The molecule has 6 heteroatoms.